The summed E-state index contributed by atoms with van der Waals surface area (Å²) in [7, 11) is 0. The topological polar surface area (TPSA) is 54.5 Å². The Balaban J connectivity index is 1.75. The van der Waals surface area contributed by atoms with Gasteiger partial charge in [0.2, 0.25) is 0 Å². The number of carbonyl (C=O) groups is 1. The van der Waals surface area contributed by atoms with Gasteiger partial charge in [-0.1, -0.05) is 0 Å². The molecule has 1 aromatic heterocycles. The second kappa shape index (κ2) is 5.57. The number of aromatic nitrogens is 1. The van der Waals surface area contributed by atoms with Crippen molar-refractivity contribution in [2.75, 3.05) is 19.6 Å². The van der Waals surface area contributed by atoms with Crippen LogP contribution in [0.2, 0.25) is 0 Å². The number of nitrogens with one attached hydrogen (secondary N) is 1. The highest BCUT2D eigenvalue weighted by Gasteiger charge is 2.34. The van der Waals surface area contributed by atoms with Crippen LogP contribution in [0.15, 0.2) is 5.38 Å². The molecule has 0 spiro atoms. The molecule has 0 bridgehead atoms. The van der Waals surface area contributed by atoms with Gasteiger partial charge < -0.3 is 10.1 Å². The monoisotopic (exact) mass is 309 g/mol. The Hall–Kier alpha value is -1.14. The van der Waals surface area contributed by atoms with Gasteiger partial charge in [-0.2, -0.15) is 0 Å². The summed E-state index contributed by atoms with van der Waals surface area (Å²) >= 11 is 1.72. The molecule has 1 unspecified atom stereocenters. The van der Waals surface area contributed by atoms with E-state index in [1.165, 1.54) is 17.8 Å². The molecule has 2 aliphatic rings. The van der Waals surface area contributed by atoms with E-state index in [0.29, 0.717) is 12.5 Å². The number of amides is 1. The molecule has 0 radical (unpaired) electrons. The quantitative estimate of drug-likeness (QED) is 0.912. The minimum atomic E-state index is -0.465. The molecule has 1 N–H and O–H groups in total. The van der Waals surface area contributed by atoms with Crippen LogP contribution in [0.25, 0.3) is 0 Å². The van der Waals surface area contributed by atoms with Crippen LogP contribution in [0, 0.1) is 0 Å². The zero-order valence-corrected chi connectivity index (χ0v) is 13.7. The van der Waals surface area contributed by atoms with Gasteiger partial charge in [0.1, 0.15) is 5.60 Å². The first-order valence-corrected chi connectivity index (χ1v) is 8.47. The summed E-state index contributed by atoms with van der Waals surface area (Å²) in [4.78, 5) is 19.0. The second-order valence-corrected chi connectivity index (χ2v) is 7.67. The van der Waals surface area contributed by atoms with Gasteiger partial charge in [0.15, 0.2) is 0 Å². The van der Waals surface area contributed by atoms with Gasteiger partial charge in [-0.3, -0.25) is 4.90 Å². The van der Waals surface area contributed by atoms with Gasteiger partial charge in [0, 0.05) is 30.9 Å². The smallest absolute Gasteiger partial charge is 0.410 e. The number of piperazine rings is 1. The van der Waals surface area contributed by atoms with Gasteiger partial charge in [-0.15, -0.1) is 11.3 Å². The third-order valence-electron chi connectivity index (χ3n) is 3.68. The summed E-state index contributed by atoms with van der Waals surface area (Å²) in [6, 6.07) is -0.0163. The van der Waals surface area contributed by atoms with Crippen molar-refractivity contribution in [2.24, 2.45) is 0 Å². The van der Waals surface area contributed by atoms with Crippen LogP contribution in [0.3, 0.4) is 0 Å². The SMILES string of the molecule is CC(C)(C)OC(=O)N1CCNCC1c1csc(C2CC2)n1. The Morgan fingerprint density at radius 3 is 2.90 bits per heavy atom. The number of rotatable bonds is 2. The van der Waals surface area contributed by atoms with Crippen LogP contribution in [0.4, 0.5) is 4.79 Å². The van der Waals surface area contributed by atoms with E-state index in [1.54, 1.807) is 11.3 Å². The van der Waals surface area contributed by atoms with Gasteiger partial charge in [-0.05, 0) is 33.6 Å². The van der Waals surface area contributed by atoms with Gasteiger partial charge in [0.05, 0.1) is 16.7 Å². The average molecular weight is 309 g/mol. The third kappa shape index (κ3) is 3.55. The summed E-state index contributed by atoms with van der Waals surface area (Å²) in [6.45, 7) is 7.90. The molecule has 5 nitrogen and oxygen atoms in total. The van der Waals surface area contributed by atoms with Gasteiger partial charge in [-0.25, -0.2) is 9.78 Å². The highest BCUT2D eigenvalue weighted by molar-refractivity contribution is 7.09. The van der Waals surface area contributed by atoms with Gasteiger partial charge >= 0.3 is 6.09 Å². The van der Waals surface area contributed by atoms with Crippen LogP contribution < -0.4 is 5.32 Å². The minimum Gasteiger partial charge on any atom is -0.444 e. The van der Waals surface area contributed by atoms with Crippen molar-refractivity contribution in [3.63, 3.8) is 0 Å². The van der Waals surface area contributed by atoms with E-state index in [4.69, 9.17) is 9.72 Å². The molecule has 1 saturated heterocycles. The standard InChI is InChI=1S/C15H23N3O2S/c1-15(2,3)20-14(19)18-7-6-16-8-12(18)11-9-21-13(17-11)10-4-5-10/h9-10,12,16H,4-8H2,1-3H3. The lowest BCUT2D eigenvalue weighted by molar-refractivity contribution is 0.0114. The Morgan fingerprint density at radius 2 is 2.24 bits per heavy atom. The summed E-state index contributed by atoms with van der Waals surface area (Å²) in [5, 5.41) is 6.67. The lowest BCUT2D eigenvalue weighted by atomic mass is 10.1. The van der Waals surface area contributed by atoms with Crippen LogP contribution in [0.1, 0.15) is 56.3 Å². The van der Waals surface area contributed by atoms with Gasteiger partial charge in [0.25, 0.3) is 0 Å². The van der Waals surface area contributed by atoms with E-state index in [2.05, 4.69) is 10.7 Å². The van der Waals surface area contributed by atoms with E-state index in [-0.39, 0.29) is 12.1 Å². The number of hydrogen-bond acceptors (Lipinski definition) is 5. The predicted octanol–water partition coefficient (Wildman–Crippen LogP) is 2.90. The Bertz CT molecular complexity index is 519. The fourth-order valence-electron chi connectivity index (χ4n) is 2.48. The zero-order valence-electron chi connectivity index (χ0n) is 12.9. The van der Waals surface area contributed by atoms with Crippen LogP contribution >= 0.6 is 11.3 Å². The highest BCUT2D eigenvalue weighted by atomic mass is 32.1. The molecule has 1 atom stereocenters. The van der Waals surface area contributed by atoms with E-state index in [9.17, 15) is 4.79 Å². The van der Waals surface area contributed by atoms with E-state index < -0.39 is 5.60 Å². The molecule has 2 heterocycles. The van der Waals surface area contributed by atoms with Crippen molar-refractivity contribution < 1.29 is 9.53 Å². The second-order valence-electron chi connectivity index (χ2n) is 6.78. The maximum absolute atomic E-state index is 12.4. The van der Waals surface area contributed by atoms with E-state index in [0.717, 1.165) is 18.8 Å². The van der Waals surface area contributed by atoms with Crippen molar-refractivity contribution in [1.29, 1.82) is 0 Å². The highest BCUT2D eigenvalue weighted by Crippen LogP contribution is 2.42. The van der Waals surface area contributed by atoms with E-state index in [1.807, 2.05) is 25.7 Å². The van der Waals surface area contributed by atoms with Crippen LogP contribution in [-0.2, 0) is 4.74 Å². The molecule has 2 fully saturated rings. The molecule has 6 heteroatoms. The summed E-state index contributed by atoms with van der Waals surface area (Å²) in [5.41, 5.74) is 0.535. The Kier molecular flexibility index (Phi) is 3.92. The molecule has 3 rings (SSSR count). The first-order chi connectivity index (χ1) is 9.94. The summed E-state index contributed by atoms with van der Waals surface area (Å²) in [5.74, 6) is 0.662. The number of thiazole rings is 1. The van der Waals surface area contributed by atoms with E-state index >= 15 is 0 Å². The number of ether oxygens (including phenoxy) is 1. The Labute approximate surface area is 129 Å². The number of hydrogen-bond donors (Lipinski definition) is 1. The van der Waals surface area contributed by atoms with Crippen molar-refractivity contribution in [2.45, 2.75) is 51.2 Å². The average Bonchev–Trinajstić information content (AvgIpc) is 3.15. The fourth-order valence-corrected chi connectivity index (χ4v) is 3.52. The number of nitrogens with zero attached hydrogens (tertiary/aromatic N) is 2. The summed E-state index contributed by atoms with van der Waals surface area (Å²) < 4.78 is 5.53. The molecule has 1 saturated carbocycles. The first-order valence-electron chi connectivity index (χ1n) is 7.60. The maximum atomic E-state index is 12.4. The molecule has 116 valence electrons. The lowest BCUT2D eigenvalue weighted by Crippen LogP contribution is -2.50. The molecule has 21 heavy (non-hydrogen) atoms. The molecular weight excluding hydrogens is 286 g/mol. The molecule has 1 aromatic rings. The third-order valence-corrected chi connectivity index (χ3v) is 4.70. The lowest BCUT2D eigenvalue weighted by Gasteiger charge is -2.36. The molecular formula is C15H23N3O2S. The first kappa shape index (κ1) is 14.8. The molecule has 1 aliphatic heterocycles. The Morgan fingerprint density at radius 1 is 1.48 bits per heavy atom. The van der Waals surface area contributed by atoms with Crippen molar-refractivity contribution >= 4 is 17.4 Å². The fraction of sp³-hybridized carbons (Fsp3) is 0.733. The maximum Gasteiger partial charge on any atom is 0.410 e. The largest absolute Gasteiger partial charge is 0.444 e. The van der Waals surface area contributed by atoms with Crippen molar-refractivity contribution in [3.8, 4) is 0 Å². The predicted molar refractivity (Wildman–Crippen MR) is 82.6 cm³/mol. The van der Waals surface area contributed by atoms with Crippen LogP contribution in [0.5, 0.6) is 0 Å². The zero-order chi connectivity index (χ0) is 15.0. The van der Waals surface area contributed by atoms with Crippen LogP contribution in [-0.4, -0.2) is 41.2 Å². The van der Waals surface area contributed by atoms with Crippen molar-refractivity contribution in [1.82, 2.24) is 15.2 Å². The minimum absolute atomic E-state index is 0.0163. The normalized spacial score (nSPS) is 23.2. The van der Waals surface area contributed by atoms with Crippen molar-refractivity contribution in [3.05, 3.63) is 16.1 Å². The molecule has 1 amide bonds. The number of carbonyl (C=O) groups excluding carboxylic acids is 1. The molecule has 1 aliphatic carbocycles. The molecule has 0 aromatic carbocycles. The summed E-state index contributed by atoms with van der Waals surface area (Å²) in [6.07, 6.45) is 2.27.